The van der Waals surface area contributed by atoms with E-state index in [9.17, 15) is 9.90 Å². The van der Waals surface area contributed by atoms with Crippen molar-refractivity contribution >= 4 is 38.9 Å². The molecule has 1 heterocycles. The van der Waals surface area contributed by atoms with E-state index < -0.39 is 6.10 Å². The first-order valence-electron chi connectivity index (χ1n) is 6.94. The van der Waals surface area contributed by atoms with Crippen LogP contribution in [-0.4, -0.2) is 23.7 Å². The minimum Gasteiger partial charge on any atom is -0.393 e. The van der Waals surface area contributed by atoms with Crippen LogP contribution in [0.4, 0.5) is 0 Å². The molecule has 0 saturated heterocycles. The molecule has 1 amide bonds. The first-order chi connectivity index (χ1) is 9.80. The average Bonchev–Trinajstić information content (AvgIpc) is 2.75. The number of fused-ring (bicyclic) bond motifs is 1. The van der Waals surface area contributed by atoms with Gasteiger partial charge >= 0.3 is 0 Å². The van der Waals surface area contributed by atoms with Gasteiger partial charge in [0.25, 0.3) is 5.91 Å². The molecule has 3 nitrogen and oxygen atoms in total. The molecule has 1 aromatic carbocycles. The molecule has 0 fully saturated rings. The summed E-state index contributed by atoms with van der Waals surface area (Å²) in [6, 6.07) is 7.69. The molecule has 2 aromatic rings. The molecule has 5 heteroatoms. The number of carbonyl (C=O) groups is 1. The Hall–Kier alpha value is -1.10. The third kappa shape index (κ3) is 3.76. The summed E-state index contributed by atoms with van der Waals surface area (Å²) < 4.78 is 1.00. The van der Waals surface area contributed by atoms with Crippen LogP contribution >= 0.6 is 22.9 Å². The molecule has 0 saturated carbocycles. The van der Waals surface area contributed by atoms with Gasteiger partial charge in [-0.3, -0.25) is 4.79 Å². The van der Waals surface area contributed by atoms with E-state index in [-0.39, 0.29) is 11.3 Å². The molecule has 0 spiro atoms. The number of carbonyl (C=O) groups excluding carboxylic acids is 1. The second-order valence-electron chi connectivity index (χ2n) is 6.17. The molecule has 0 radical (unpaired) electrons. The Kier molecular flexibility index (Phi) is 4.91. The van der Waals surface area contributed by atoms with E-state index in [1.54, 1.807) is 0 Å². The van der Waals surface area contributed by atoms with E-state index >= 15 is 0 Å². The van der Waals surface area contributed by atoms with Crippen LogP contribution in [0.1, 0.15) is 36.9 Å². The Balaban J connectivity index is 2.01. The summed E-state index contributed by atoms with van der Waals surface area (Å²) in [6.07, 6.45) is 0.0771. The van der Waals surface area contributed by atoms with E-state index in [2.05, 4.69) is 5.32 Å². The number of amides is 1. The Bertz CT molecular complexity index is 645. The Morgan fingerprint density at radius 2 is 2.05 bits per heavy atom. The quantitative estimate of drug-likeness (QED) is 0.889. The number of hydrogen-bond donors (Lipinski definition) is 2. The highest BCUT2D eigenvalue weighted by atomic mass is 35.5. The molecule has 2 rings (SSSR count). The van der Waals surface area contributed by atoms with Crippen molar-refractivity contribution < 1.29 is 9.90 Å². The molecule has 114 valence electrons. The van der Waals surface area contributed by atoms with Crippen LogP contribution in [-0.2, 0) is 0 Å². The monoisotopic (exact) mass is 325 g/mol. The Labute approximate surface area is 133 Å². The number of hydrogen-bond acceptors (Lipinski definition) is 3. The number of nitrogens with one attached hydrogen (secondary N) is 1. The van der Waals surface area contributed by atoms with Gasteiger partial charge in [-0.05, 0) is 17.9 Å². The summed E-state index contributed by atoms with van der Waals surface area (Å²) in [7, 11) is 0. The number of halogens is 1. The van der Waals surface area contributed by atoms with Crippen LogP contribution in [0.15, 0.2) is 24.3 Å². The molecule has 1 aromatic heterocycles. The van der Waals surface area contributed by atoms with Gasteiger partial charge in [0.15, 0.2) is 0 Å². The van der Waals surface area contributed by atoms with Crippen molar-refractivity contribution in [3.05, 3.63) is 34.2 Å². The minimum atomic E-state index is -0.448. The summed E-state index contributed by atoms with van der Waals surface area (Å²) in [5, 5.41) is 14.2. The molecular formula is C16H20ClNO2S. The first kappa shape index (κ1) is 16.3. The lowest BCUT2D eigenvalue weighted by atomic mass is 9.87. The van der Waals surface area contributed by atoms with Crippen LogP contribution in [0.5, 0.6) is 0 Å². The lowest BCUT2D eigenvalue weighted by Gasteiger charge is -2.25. The van der Waals surface area contributed by atoms with E-state index in [0.717, 1.165) is 10.1 Å². The number of thiophene rings is 1. The minimum absolute atomic E-state index is 0.178. The Morgan fingerprint density at radius 3 is 2.67 bits per heavy atom. The molecule has 1 unspecified atom stereocenters. The number of rotatable bonds is 4. The maximum Gasteiger partial charge on any atom is 0.262 e. The van der Waals surface area contributed by atoms with Crippen LogP contribution < -0.4 is 5.32 Å². The standard InChI is InChI=1S/C16H20ClNO2S/c1-16(2,3)12(19)8-9-18-15(20)14-13(17)10-6-4-5-7-11(10)21-14/h4-7,12,19H,8-9H2,1-3H3,(H,18,20). The second-order valence-corrected chi connectivity index (χ2v) is 7.60. The molecule has 1 atom stereocenters. The van der Waals surface area contributed by atoms with Crippen molar-refractivity contribution in [1.29, 1.82) is 0 Å². The van der Waals surface area contributed by atoms with Gasteiger partial charge in [0.05, 0.1) is 11.1 Å². The van der Waals surface area contributed by atoms with Crippen LogP contribution in [0.2, 0.25) is 5.02 Å². The zero-order valence-electron chi connectivity index (χ0n) is 12.4. The van der Waals surface area contributed by atoms with Gasteiger partial charge in [-0.15, -0.1) is 11.3 Å². The summed E-state index contributed by atoms with van der Waals surface area (Å²) in [4.78, 5) is 12.7. The van der Waals surface area contributed by atoms with Crippen molar-refractivity contribution in [2.75, 3.05) is 6.54 Å². The van der Waals surface area contributed by atoms with Crippen molar-refractivity contribution in [2.45, 2.75) is 33.3 Å². The lowest BCUT2D eigenvalue weighted by molar-refractivity contribution is 0.0551. The zero-order chi connectivity index (χ0) is 15.6. The van der Waals surface area contributed by atoms with E-state index in [1.807, 2.05) is 45.0 Å². The molecule has 0 bridgehead atoms. The van der Waals surface area contributed by atoms with Crippen LogP contribution in [0.25, 0.3) is 10.1 Å². The normalized spacial score (nSPS) is 13.4. The SMILES string of the molecule is CC(C)(C)C(O)CCNC(=O)c1sc2ccccc2c1Cl. The predicted octanol–water partition coefficient (Wildman–Crippen LogP) is 4.08. The number of aliphatic hydroxyl groups is 1. The highest BCUT2D eigenvalue weighted by Crippen LogP contribution is 2.34. The van der Waals surface area contributed by atoms with Crippen molar-refractivity contribution in [3.63, 3.8) is 0 Å². The maximum atomic E-state index is 12.2. The molecule has 0 aliphatic rings. The van der Waals surface area contributed by atoms with E-state index in [1.165, 1.54) is 11.3 Å². The average molecular weight is 326 g/mol. The lowest BCUT2D eigenvalue weighted by Crippen LogP contribution is -2.32. The van der Waals surface area contributed by atoms with Crippen molar-refractivity contribution in [2.24, 2.45) is 5.41 Å². The smallest absolute Gasteiger partial charge is 0.262 e. The topological polar surface area (TPSA) is 49.3 Å². The fourth-order valence-corrected chi connectivity index (χ4v) is 3.43. The summed E-state index contributed by atoms with van der Waals surface area (Å²) in [5.74, 6) is -0.178. The predicted molar refractivity (Wildman–Crippen MR) is 89.2 cm³/mol. The fourth-order valence-electron chi connectivity index (χ4n) is 2.00. The first-order valence-corrected chi connectivity index (χ1v) is 8.13. The largest absolute Gasteiger partial charge is 0.393 e. The van der Waals surface area contributed by atoms with Crippen LogP contribution in [0.3, 0.4) is 0 Å². The number of benzene rings is 1. The van der Waals surface area contributed by atoms with E-state index in [4.69, 9.17) is 11.6 Å². The highest BCUT2D eigenvalue weighted by Gasteiger charge is 2.22. The Morgan fingerprint density at radius 1 is 1.38 bits per heavy atom. The molecule has 21 heavy (non-hydrogen) atoms. The van der Waals surface area contributed by atoms with Gasteiger partial charge < -0.3 is 10.4 Å². The third-order valence-electron chi connectivity index (χ3n) is 3.44. The maximum absolute atomic E-state index is 12.2. The van der Waals surface area contributed by atoms with Gasteiger partial charge in [-0.2, -0.15) is 0 Å². The summed E-state index contributed by atoms with van der Waals surface area (Å²) >= 11 is 7.66. The molecule has 2 N–H and O–H groups in total. The second kappa shape index (κ2) is 6.34. The summed E-state index contributed by atoms with van der Waals surface area (Å²) in [5.41, 5.74) is -0.181. The van der Waals surface area contributed by atoms with Gasteiger partial charge in [0.1, 0.15) is 4.88 Å². The molecular weight excluding hydrogens is 306 g/mol. The van der Waals surface area contributed by atoms with Crippen molar-refractivity contribution in [3.8, 4) is 0 Å². The van der Waals surface area contributed by atoms with Crippen LogP contribution in [0, 0.1) is 5.41 Å². The molecule has 0 aliphatic heterocycles. The number of aliphatic hydroxyl groups excluding tert-OH is 1. The molecule has 0 aliphatic carbocycles. The van der Waals surface area contributed by atoms with Gasteiger partial charge in [0.2, 0.25) is 0 Å². The fraction of sp³-hybridized carbons (Fsp3) is 0.438. The van der Waals surface area contributed by atoms with Gasteiger partial charge in [0, 0.05) is 16.6 Å². The third-order valence-corrected chi connectivity index (χ3v) is 5.12. The van der Waals surface area contributed by atoms with Gasteiger partial charge in [-0.1, -0.05) is 50.6 Å². The zero-order valence-corrected chi connectivity index (χ0v) is 14.0. The summed E-state index contributed by atoms with van der Waals surface area (Å²) in [6.45, 7) is 6.36. The van der Waals surface area contributed by atoms with E-state index in [0.29, 0.717) is 22.9 Å². The highest BCUT2D eigenvalue weighted by molar-refractivity contribution is 7.21. The van der Waals surface area contributed by atoms with Crippen molar-refractivity contribution in [1.82, 2.24) is 5.32 Å². The van der Waals surface area contributed by atoms with Gasteiger partial charge in [-0.25, -0.2) is 0 Å².